The molecule has 0 aliphatic rings. The molecule has 0 bridgehead atoms. The molecule has 0 saturated heterocycles. The van der Waals surface area contributed by atoms with E-state index in [0.29, 0.717) is 0 Å². The third-order valence-corrected chi connectivity index (χ3v) is 13.8. The average Bonchev–Trinajstić information content (AvgIpc) is 2.26. The molecule has 0 aliphatic carbocycles. The van der Waals surface area contributed by atoms with Gasteiger partial charge in [0.15, 0.2) is 18.1 Å². The lowest BCUT2D eigenvalue weighted by Crippen LogP contribution is -2.51. The zero-order valence-corrected chi connectivity index (χ0v) is 17.3. The van der Waals surface area contributed by atoms with Crippen molar-refractivity contribution in [1.82, 2.24) is 0 Å². The Hall–Kier alpha value is -0.0325. The predicted molar refractivity (Wildman–Crippen MR) is 91.7 cm³/mol. The van der Waals surface area contributed by atoms with Crippen molar-refractivity contribution in [3.8, 4) is 0 Å². The Morgan fingerprint density at radius 3 is 1.89 bits per heavy atom. The maximum absolute atomic E-state index is 6.35. The summed E-state index contributed by atoms with van der Waals surface area (Å²) in [5, 5.41) is 1.22. The fourth-order valence-electron chi connectivity index (χ4n) is 1.88. The van der Waals surface area contributed by atoms with E-state index in [1.165, 1.54) is 5.19 Å². The van der Waals surface area contributed by atoms with E-state index in [1.807, 2.05) is 6.07 Å². The van der Waals surface area contributed by atoms with Gasteiger partial charge in [0.1, 0.15) is 0 Å². The predicted octanol–water partition coefficient (Wildman–Crippen LogP) is 1.83. The second-order valence-corrected chi connectivity index (χ2v) is 16.9. The molecular weight excluding hydrogens is 304 g/mol. The highest BCUT2D eigenvalue weighted by Crippen LogP contribution is 2.11. The highest BCUT2D eigenvalue weighted by molar-refractivity contribution is 6.82. The fraction of sp³-hybridized carbons (Fsp3) is 0.500. The van der Waals surface area contributed by atoms with E-state index in [-0.39, 0.29) is 0 Å². The summed E-state index contributed by atoms with van der Waals surface area (Å²) in [7, 11) is -6.05. The van der Waals surface area contributed by atoms with E-state index >= 15 is 0 Å². The van der Waals surface area contributed by atoms with Gasteiger partial charge < -0.3 is 12.3 Å². The molecule has 108 valence electrons. The monoisotopic (exact) mass is 330 g/mol. The Kier molecular flexibility index (Phi) is 6.87. The van der Waals surface area contributed by atoms with Crippen LogP contribution in [0.25, 0.3) is 0 Å². The molecule has 1 rings (SSSR count). The van der Waals surface area contributed by atoms with Crippen LogP contribution in [0.4, 0.5) is 0 Å². The standard InChI is InChI=1S/C12H26O3Si4/c1-16(2)13-18(12-10-8-7-9-11-12)15-19(5,6)14-17(3)4/h7-11,16-18H,1-6H3. The summed E-state index contributed by atoms with van der Waals surface area (Å²) in [6.07, 6.45) is 0. The molecule has 1 aromatic carbocycles. The molecule has 1 atom stereocenters. The lowest BCUT2D eigenvalue weighted by molar-refractivity contribution is 0.367. The molecule has 19 heavy (non-hydrogen) atoms. The molecule has 0 radical (unpaired) electrons. The maximum atomic E-state index is 6.35. The smallest absolute Gasteiger partial charge is 0.336 e. The van der Waals surface area contributed by atoms with Crippen LogP contribution in [-0.4, -0.2) is 35.9 Å². The molecule has 0 amide bonds. The molecule has 1 aromatic rings. The molecule has 3 nitrogen and oxygen atoms in total. The van der Waals surface area contributed by atoms with Gasteiger partial charge in [-0.2, -0.15) is 0 Å². The van der Waals surface area contributed by atoms with Crippen LogP contribution in [0.1, 0.15) is 0 Å². The van der Waals surface area contributed by atoms with Crippen molar-refractivity contribution in [2.45, 2.75) is 39.3 Å². The quantitative estimate of drug-likeness (QED) is 0.714. The molecule has 0 aliphatic heterocycles. The van der Waals surface area contributed by atoms with E-state index < -0.39 is 35.9 Å². The van der Waals surface area contributed by atoms with Crippen molar-refractivity contribution in [2.24, 2.45) is 0 Å². The molecule has 0 heterocycles. The van der Waals surface area contributed by atoms with Crippen molar-refractivity contribution in [1.29, 1.82) is 0 Å². The molecule has 0 aromatic heterocycles. The van der Waals surface area contributed by atoms with Gasteiger partial charge in [-0.25, -0.2) is 0 Å². The van der Waals surface area contributed by atoms with Crippen LogP contribution in [0.3, 0.4) is 0 Å². The average molecular weight is 331 g/mol. The van der Waals surface area contributed by atoms with E-state index in [1.54, 1.807) is 0 Å². The van der Waals surface area contributed by atoms with Crippen molar-refractivity contribution < 1.29 is 12.3 Å². The van der Waals surface area contributed by atoms with Crippen molar-refractivity contribution >= 4 is 41.1 Å². The zero-order chi connectivity index (χ0) is 14.5. The van der Waals surface area contributed by atoms with Gasteiger partial charge in [0.25, 0.3) is 0 Å². The van der Waals surface area contributed by atoms with Crippen LogP contribution in [0.2, 0.25) is 39.3 Å². The molecule has 1 unspecified atom stereocenters. The summed E-state index contributed by atoms with van der Waals surface area (Å²) in [6, 6.07) is 10.4. The number of rotatable bonds is 7. The Morgan fingerprint density at radius 1 is 0.842 bits per heavy atom. The Morgan fingerprint density at radius 2 is 1.42 bits per heavy atom. The van der Waals surface area contributed by atoms with Gasteiger partial charge in [0.05, 0.1) is 0 Å². The summed E-state index contributed by atoms with van der Waals surface area (Å²) >= 11 is 0. The second-order valence-electron chi connectivity index (χ2n) is 5.61. The Bertz CT molecular complexity index is 370. The zero-order valence-electron chi connectivity index (χ0n) is 12.8. The first kappa shape index (κ1) is 17.0. The third kappa shape index (κ3) is 6.79. The van der Waals surface area contributed by atoms with Gasteiger partial charge in [-0.3, -0.25) is 0 Å². The summed E-state index contributed by atoms with van der Waals surface area (Å²) in [5.74, 6) is 0. The molecule has 0 fully saturated rings. The third-order valence-electron chi connectivity index (χ3n) is 2.38. The van der Waals surface area contributed by atoms with Crippen LogP contribution in [0.5, 0.6) is 0 Å². The van der Waals surface area contributed by atoms with E-state index in [9.17, 15) is 0 Å². The first-order chi connectivity index (χ1) is 8.80. The molecular formula is C12H26O3Si4. The van der Waals surface area contributed by atoms with Crippen LogP contribution in [0, 0.1) is 0 Å². The van der Waals surface area contributed by atoms with Crippen molar-refractivity contribution in [3.63, 3.8) is 0 Å². The minimum Gasteiger partial charge on any atom is -0.440 e. The number of hydrogen-bond donors (Lipinski definition) is 0. The number of benzene rings is 1. The minimum absolute atomic E-state index is 1.07. The van der Waals surface area contributed by atoms with Gasteiger partial charge in [0.2, 0.25) is 0 Å². The molecule has 0 saturated carbocycles. The van der Waals surface area contributed by atoms with E-state index in [2.05, 4.69) is 63.5 Å². The van der Waals surface area contributed by atoms with Crippen LogP contribution < -0.4 is 5.19 Å². The summed E-state index contributed by atoms with van der Waals surface area (Å²) in [6.45, 7) is 13.0. The lowest BCUT2D eigenvalue weighted by atomic mass is 10.4. The Balaban J connectivity index is 2.81. The molecule has 7 heteroatoms. The van der Waals surface area contributed by atoms with Gasteiger partial charge in [-0.1, -0.05) is 30.3 Å². The largest absolute Gasteiger partial charge is 0.440 e. The van der Waals surface area contributed by atoms with Crippen LogP contribution >= 0.6 is 0 Å². The van der Waals surface area contributed by atoms with Gasteiger partial charge in [-0.05, 0) is 44.5 Å². The SMILES string of the molecule is C[SiH](C)O[SiH](O[Si](C)(C)O[SiH](C)C)c1ccccc1. The summed E-state index contributed by atoms with van der Waals surface area (Å²) in [4.78, 5) is 0. The first-order valence-electron chi connectivity index (χ1n) is 6.86. The maximum Gasteiger partial charge on any atom is 0.336 e. The normalized spacial score (nSPS) is 14.1. The van der Waals surface area contributed by atoms with Gasteiger partial charge >= 0.3 is 17.8 Å². The van der Waals surface area contributed by atoms with E-state index in [4.69, 9.17) is 12.3 Å². The minimum atomic E-state index is -2.06. The summed E-state index contributed by atoms with van der Waals surface area (Å²) < 4.78 is 18.6. The Labute approximate surface area is 123 Å². The van der Waals surface area contributed by atoms with Crippen LogP contribution in [-0.2, 0) is 12.3 Å². The molecule has 0 N–H and O–H groups in total. The highest BCUT2D eigenvalue weighted by Gasteiger charge is 2.32. The highest BCUT2D eigenvalue weighted by atomic mass is 28.5. The summed E-state index contributed by atoms with van der Waals surface area (Å²) in [5.41, 5.74) is 0. The van der Waals surface area contributed by atoms with E-state index in [0.717, 1.165) is 0 Å². The second kappa shape index (κ2) is 7.67. The molecule has 0 spiro atoms. The van der Waals surface area contributed by atoms with Gasteiger partial charge in [0, 0.05) is 0 Å². The first-order valence-corrected chi connectivity index (χ1v) is 16.8. The topological polar surface area (TPSA) is 27.7 Å². The van der Waals surface area contributed by atoms with Crippen LogP contribution in [0.15, 0.2) is 30.3 Å². The van der Waals surface area contributed by atoms with Crippen molar-refractivity contribution in [2.75, 3.05) is 0 Å². The van der Waals surface area contributed by atoms with Gasteiger partial charge in [-0.15, -0.1) is 0 Å². The van der Waals surface area contributed by atoms with Crippen molar-refractivity contribution in [3.05, 3.63) is 30.3 Å². The number of hydrogen-bond acceptors (Lipinski definition) is 3. The fourth-order valence-corrected chi connectivity index (χ4v) is 13.6. The lowest BCUT2D eigenvalue weighted by Gasteiger charge is -2.31.